The number of piperidine rings is 1. The Morgan fingerprint density at radius 2 is 1.91 bits per heavy atom. The van der Waals surface area contributed by atoms with E-state index >= 15 is 0 Å². The molecule has 0 aromatic carbocycles. The van der Waals surface area contributed by atoms with E-state index in [9.17, 15) is 4.79 Å². The molecule has 1 rings (SSSR count). The maximum atomic E-state index is 11.6. The zero-order chi connectivity index (χ0) is 16.4. The lowest BCUT2D eigenvalue weighted by molar-refractivity contribution is -0.127. The molecule has 1 fully saturated rings. The smallest absolute Gasteiger partial charge is 0.243 e. The van der Waals surface area contributed by atoms with Crippen molar-refractivity contribution in [2.24, 2.45) is 10.9 Å². The molecule has 1 heterocycles. The van der Waals surface area contributed by atoms with Crippen molar-refractivity contribution >= 4 is 35.8 Å². The second kappa shape index (κ2) is 12.8. The van der Waals surface area contributed by atoms with E-state index < -0.39 is 0 Å². The Hall–Kier alpha value is -0.570. The van der Waals surface area contributed by atoms with Gasteiger partial charge in [0.15, 0.2) is 5.96 Å². The standard InChI is InChI=1S/C16H33N5O.HI/c1-5-17-16(19-13-15(22)20(3)4)18-9-6-10-21-11-7-14(2)8-12-21;/h14H,5-13H2,1-4H3,(H2,17,18,19);1H. The number of aliphatic imine (C=N–C) groups is 1. The van der Waals surface area contributed by atoms with Gasteiger partial charge in [-0.3, -0.25) is 4.79 Å². The highest BCUT2D eigenvalue weighted by molar-refractivity contribution is 14.0. The van der Waals surface area contributed by atoms with Gasteiger partial charge in [0.2, 0.25) is 5.91 Å². The van der Waals surface area contributed by atoms with Gasteiger partial charge in [0.25, 0.3) is 0 Å². The molecule has 1 amide bonds. The first-order chi connectivity index (χ1) is 10.5. The van der Waals surface area contributed by atoms with Gasteiger partial charge in [-0.25, -0.2) is 4.99 Å². The highest BCUT2D eigenvalue weighted by Gasteiger charge is 2.14. The van der Waals surface area contributed by atoms with E-state index in [4.69, 9.17) is 0 Å². The molecule has 0 spiro atoms. The van der Waals surface area contributed by atoms with Crippen LogP contribution in [0.5, 0.6) is 0 Å². The lowest BCUT2D eigenvalue weighted by Gasteiger charge is -2.30. The van der Waals surface area contributed by atoms with E-state index in [2.05, 4.69) is 27.4 Å². The molecule has 6 nitrogen and oxygen atoms in total. The molecule has 0 aromatic rings. The van der Waals surface area contributed by atoms with Crippen LogP contribution < -0.4 is 10.6 Å². The Morgan fingerprint density at radius 3 is 2.48 bits per heavy atom. The molecule has 1 saturated heterocycles. The molecule has 2 N–H and O–H groups in total. The Labute approximate surface area is 158 Å². The Balaban J connectivity index is 0.00000484. The van der Waals surface area contributed by atoms with Crippen molar-refractivity contribution in [1.82, 2.24) is 20.4 Å². The highest BCUT2D eigenvalue weighted by Crippen LogP contribution is 2.15. The molecule has 136 valence electrons. The summed E-state index contributed by atoms with van der Waals surface area (Å²) in [5, 5.41) is 6.48. The summed E-state index contributed by atoms with van der Waals surface area (Å²) in [5.41, 5.74) is 0. The molecular weight excluding hydrogens is 405 g/mol. The molecule has 1 aliphatic rings. The summed E-state index contributed by atoms with van der Waals surface area (Å²) >= 11 is 0. The number of likely N-dealkylation sites (N-methyl/N-ethyl adjacent to an activating group) is 1. The molecule has 0 aromatic heterocycles. The molecule has 1 aliphatic heterocycles. The number of halogens is 1. The maximum absolute atomic E-state index is 11.6. The molecule has 7 heteroatoms. The summed E-state index contributed by atoms with van der Waals surface area (Å²) in [6.07, 6.45) is 3.74. The van der Waals surface area contributed by atoms with E-state index in [0.717, 1.165) is 37.9 Å². The first kappa shape index (κ1) is 22.4. The van der Waals surface area contributed by atoms with Gasteiger partial charge in [-0.15, -0.1) is 24.0 Å². The zero-order valence-corrected chi connectivity index (χ0v) is 17.4. The highest BCUT2D eigenvalue weighted by atomic mass is 127. The van der Waals surface area contributed by atoms with E-state index in [1.165, 1.54) is 25.9 Å². The van der Waals surface area contributed by atoms with Crippen LogP contribution in [-0.4, -0.2) is 75.0 Å². The van der Waals surface area contributed by atoms with Gasteiger partial charge in [-0.2, -0.15) is 0 Å². The van der Waals surface area contributed by atoms with Crippen molar-refractivity contribution < 1.29 is 4.79 Å². The first-order valence-electron chi connectivity index (χ1n) is 8.47. The number of hydrogen-bond acceptors (Lipinski definition) is 3. The van der Waals surface area contributed by atoms with Crippen molar-refractivity contribution in [3.8, 4) is 0 Å². The van der Waals surface area contributed by atoms with Crippen molar-refractivity contribution in [3.63, 3.8) is 0 Å². The van der Waals surface area contributed by atoms with Crippen LogP contribution in [0.4, 0.5) is 0 Å². The minimum absolute atomic E-state index is 0. The van der Waals surface area contributed by atoms with Crippen molar-refractivity contribution in [2.45, 2.75) is 33.1 Å². The lowest BCUT2D eigenvalue weighted by atomic mass is 9.99. The first-order valence-corrected chi connectivity index (χ1v) is 8.47. The Morgan fingerprint density at radius 1 is 1.26 bits per heavy atom. The largest absolute Gasteiger partial charge is 0.357 e. The molecule has 0 atom stereocenters. The van der Waals surface area contributed by atoms with E-state index in [1.807, 2.05) is 6.92 Å². The van der Waals surface area contributed by atoms with Gasteiger partial charge >= 0.3 is 0 Å². The molecule has 0 unspecified atom stereocenters. The average molecular weight is 439 g/mol. The maximum Gasteiger partial charge on any atom is 0.243 e. The fourth-order valence-electron chi connectivity index (χ4n) is 2.42. The Kier molecular flexibility index (Phi) is 12.5. The molecule has 0 radical (unpaired) electrons. The number of carbonyl (C=O) groups is 1. The van der Waals surface area contributed by atoms with Crippen LogP contribution in [0.3, 0.4) is 0 Å². The van der Waals surface area contributed by atoms with E-state index in [1.54, 1.807) is 19.0 Å². The molecular formula is C16H34IN5O. The summed E-state index contributed by atoms with van der Waals surface area (Å²) in [6.45, 7) is 9.83. The van der Waals surface area contributed by atoms with Crippen LogP contribution in [0, 0.1) is 5.92 Å². The van der Waals surface area contributed by atoms with Gasteiger partial charge in [0.1, 0.15) is 6.54 Å². The monoisotopic (exact) mass is 439 g/mol. The van der Waals surface area contributed by atoms with Gasteiger partial charge in [0.05, 0.1) is 0 Å². The number of hydrogen-bond donors (Lipinski definition) is 2. The normalized spacial score (nSPS) is 16.6. The fourth-order valence-corrected chi connectivity index (χ4v) is 2.42. The molecule has 23 heavy (non-hydrogen) atoms. The van der Waals surface area contributed by atoms with Crippen molar-refractivity contribution in [2.75, 3.05) is 53.4 Å². The third kappa shape index (κ3) is 10.0. The Bertz CT molecular complexity index is 354. The van der Waals surface area contributed by atoms with E-state index in [0.29, 0.717) is 0 Å². The van der Waals surface area contributed by atoms with Gasteiger partial charge < -0.3 is 20.4 Å². The van der Waals surface area contributed by atoms with Crippen LogP contribution in [-0.2, 0) is 4.79 Å². The number of amides is 1. The molecule has 0 saturated carbocycles. The molecule has 0 aliphatic carbocycles. The quantitative estimate of drug-likeness (QED) is 0.272. The number of nitrogens with one attached hydrogen (secondary N) is 2. The minimum Gasteiger partial charge on any atom is -0.357 e. The SMILES string of the molecule is CCNC(=NCC(=O)N(C)C)NCCCN1CCC(C)CC1.I. The fraction of sp³-hybridized carbons (Fsp3) is 0.875. The van der Waals surface area contributed by atoms with Gasteiger partial charge in [-0.1, -0.05) is 6.92 Å². The summed E-state index contributed by atoms with van der Waals surface area (Å²) in [4.78, 5) is 20.0. The van der Waals surface area contributed by atoms with Crippen LogP contribution in [0.15, 0.2) is 4.99 Å². The van der Waals surface area contributed by atoms with Crippen LogP contribution >= 0.6 is 24.0 Å². The number of rotatable bonds is 7. The van der Waals surface area contributed by atoms with Crippen LogP contribution in [0.1, 0.15) is 33.1 Å². The van der Waals surface area contributed by atoms with Gasteiger partial charge in [0, 0.05) is 27.2 Å². The number of nitrogens with zero attached hydrogens (tertiary/aromatic N) is 3. The third-order valence-corrected chi connectivity index (χ3v) is 4.04. The topological polar surface area (TPSA) is 60.0 Å². The van der Waals surface area contributed by atoms with Crippen molar-refractivity contribution in [3.05, 3.63) is 0 Å². The van der Waals surface area contributed by atoms with Crippen LogP contribution in [0.25, 0.3) is 0 Å². The second-order valence-electron chi connectivity index (χ2n) is 6.29. The predicted octanol–water partition coefficient (Wildman–Crippen LogP) is 1.37. The van der Waals surface area contributed by atoms with Crippen molar-refractivity contribution in [1.29, 1.82) is 0 Å². The summed E-state index contributed by atoms with van der Waals surface area (Å²) in [5.74, 6) is 1.63. The predicted molar refractivity (Wildman–Crippen MR) is 108 cm³/mol. The second-order valence-corrected chi connectivity index (χ2v) is 6.29. The van der Waals surface area contributed by atoms with Gasteiger partial charge in [-0.05, 0) is 51.7 Å². The number of likely N-dealkylation sites (tertiary alicyclic amines) is 1. The average Bonchev–Trinajstić information content (AvgIpc) is 2.50. The number of guanidine groups is 1. The van der Waals surface area contributed by atoms with Crippen LogP contribution in [0.2, 0.25) is 0 Å². The summed E-state index contributed by atoms with van der Waals surface area (Å²) in [6, 6.07) is 0. The minimum atomic E-state index is 0. The lowest BCUT2D eigenvalue weighted by Crippen LogP contribution is -2.40. The zero-order valence-electron chi connectivity index (χ0n) is 15.1. The number of carbonyl (C=O) groups excluding carboxylic acids is 1. The summed E-state index contributed by atoms with van der Waals surface area (Å²) < 4.78 is 0. The van der Waals surface area contributed by atoms with E-state index in [-0.39, 0.29) is 36.4 Å². The summed E-state index contributed by atoms with van der Waals surface area (Å²) in [7, 11) is 3.50. The molecule has 0 bridgehead atoms. The third-order valence-electron chi connectivity index (χ3n) is 4.04.